The molecule has 0 amide bonds. The number of alkyl halides is 6. The Morgan fingerprint density at radius 1 is 0.742 bits per heavy atom. The third kappa shape index (κ3) is 5.19. The Balaban J connectivity index is 1.85. The number of aromatic nitrogens is 1. The smallest absolute Gasteiger partial charge is 0.457 e. The molecule has 0 saturated heterocycles. The van der Waals surface area contributed by atoms with E-state index in [9.17, 15) is 31.1 Å². The fourth-order valence-electron chi connectivity index (χ4n) is 3.10. The predicted octanol–water partition coefficient (Wildman–Crippen LogP) is 6.37. The first-order chi connectivity index (χ1) is 14.3. The van der Waals surface area contributed by atoms with E-state index in [1.54, 1.807) is 0 Å². The van der Waals surface area contributed by atoms with Crippen LogP contribution in [0.15, 0.2) is 53.3 Å². The number of rotatable bonds is 4. The van der Waals surface area contributed by atoms with Crippen molar-refractivity contribution in [2.45, 2.75) is 26.4 Å². The lowest BCUT2D eigenvalue weighted by Gasteiger charge is -2.14. The Bertz CT molecular complexity index is 1130. The van der Waals surface area contributed by atoms with Gasteiger partial charge in [0.1, 0.15) is 22.8 Å². The number of nitrogens with one attached hydrogen (secondary N) is 1. The molecule has 0 spiro atoms. The lowest BCUT2D eigenvalue weighted by Crippen LogP contribution is -2.24. The highest BCUT2D eigenvalue weighted by Gasteiger charge is 2.37. The molecule has 0 atom stereocenters. The van der Waals surface area contributed by atoms with E-state index in [0.29, 0.717) is 0 Å². The van der Waals surface area contributed by atoms with E-state index in [0.717, 1.165) is 12.1 Å². The molecule has 0 aliphatic carbocycles. The highest BCUT2D eigenvalue weighted by Crippen LogP contribution is 2.32. The van der Waals surface area contributed by atoms with Gasteiger partial charge >= 0.3 is 12.5 Å². The minimum absolute atomic E-state index is 0.113. The van der Waals surface area contributed by atoms with Crippen molar-refractivity contribution in [3.8, 4) is 28.4 Å². The van der Waals surface area contributed by atoms with E-state index in [4.69, 9.17) is 4.74 Å². The van der Waals surface area contributed by atoms with Gasteiger partial charge in [-0.3, -0.25) is 4.79 Å². The molecule has 0 aliphatic rings. The largest absolute Gasteiger partial charge is 0.573 e. The molecule has 164 valence electrons. The molecule has 3 aromatic rings. The zero-order valence-electron chi connectivity index (χ0n) is 16.1. The van der Waals surface area contributed by atoms with Gasteiger partial charge in [0.05, 0.1) is 0 Å². The van der Waals surface area contributed by atoms with Crippen molar-refractivity contribution in [3.05, 3.63) is 75.7 Å². The monoisotopic (exact) mass is 443 g/mol. The van der Waals surface area contributed by atoms with Gasteiger partial charge < -0.3 is 14.5 Å². The van der Waals surface area contributed by atoms with Gasteiger partial charge in [0, 0.05) is 17.0 Å². The molecule has 0 saturated carbocycles. The summed E-state index contributed by atoms with van der Waals surface area (Å²) in [7, 11) is 0. The summed E-state index contributed by atoms with van der Waals surface area (Å²) in [6.45, 7) is 2.68. The third-order valence-corrected chi connectivity index (χ3v) is 4.30. The number of hydrogen-bond acceptors (Lipinski definition) is 3. The predicted molar refractivity (Wildman–Crippen MR) is 100 cm³/mol. The van der Waals surface area contributed by atoms with Crippen LogP contribution in [0.1, 0.15) is 17.0 Å². The number of ether oxygens (including phenoxy) is 2. The molecule has 0 bridgehead atoms. The molecule has 1 N–H and O–H groups in total. The van der Waals surface area contributed by atoms with Crippen LogP contribution in [-0.2, 0) is 6.18 Å². The van der Waals surface area contributed by atoms with Crippen molar-refractivity contribution in [1.82, 2.24) is 4.98 Å². The van der Waals surface area contributed by atoms with Crippen molar-refractivity contribution < 1.29 is 35.8 Å². The van der Waals surface area contributed by atoms with Crippen LogP contribution in [-0.4, -0.2) is 11.3 Å². The number of hydrogen-bond donors (Lipinski definition) is 1. The molecule has 0 unspecified atom stereocenters. The average Bonchev–Trinajstić information content (AvgIpc) is 2.62. The second-order valence-corrected chi connectivity index (χ2v) is 6.60. The Morgan fingerprint density at radius 3 is 1.71 bits per heavy atom. The van der Waals surface area contributed by atoms with E-state index >= 15 is 0 Å². The quantitative estimate of drug-likeness (QED) is 0.477. The fraction of sp³-hybridized carbons (Fsp3) is 0.190. The molecular weight excluding hydrogens is 428 g/mol. The SMILES string of the molecule is Cc1[nH]c(C)c(C(F)(F)F)c(=O)c1-c1ccc(Oc2ccc(OC(F)(F)F)cc2)cc1. The maximum atomic E-state index is 13.3. The second-order valence-electron chi connectivity index (χ2n) is 6.60. The van der Waals surface area contributed by atoms with E-state index in [2.05, 4.69) is 9.72 Å². The number of benzene rings is 2. The van der Waals surface area contributed by atoms with Crippen LogP contribution in [0.5, 0.6) is 17.2 Å². The van der Waals surface area contributed by atoms with E-state index in [1.165, 1.54) is 50.2 Å². The van der Waals surface area contributed by atoms with Crippen LogP contribution < -0.4 is 14.9 Å². The average molecular weight is 443 g/mol. The zero-order chi connectivity index (χ0) is 23.0. The van der Waals surface area contributed by atoms with Crippen molar-refractivity contribution >= 4 is 0 Å². The van der Waals surface area contributed by atoms with Crippen molar-refractivity contribution in [3.63, 3.8) is 0 Å². The minimum Gasteiger partial charge on any atom is -0.457 e. The summed E-state index contributed by atoms with van der Waals surface area (Å²) in [4.78, 5) is 15.1. The molecule has 0 aliphatic heterocycles. The summed E-state index contributed by atoms with van der Waals surface area (Å²) in [6.07, 6.45) is -9.61. The minimum atomic E-state index is -4.81. The lowest BCUT2D eigenvalue weighted by molar-refractivity contribution is -0.274. The third-order valence-electron chi connectivity index (χ3n) is 4.30. The van der Waals surface area contributed by atoms with Crippen LogP contribution in [0.4, 0.5) is 26.3 Å². The van der Waals surface area contributed by atoms with Crippen molar-refractivity contribution in [2.75, 3.05) is 0 Å². The van der Waals surface area contributed by atoms with Crippen LogP contribution in [0.3, 0.4) is 0 Å². The number of halogens is 6. The maximum Gasteiger partial charge on any atom is 0.573 e. The number of aromatic amines is 1. The first-order valence-electron chi connectivity index (χ1n) is 8.80. The van der Waals surface area contributed by atoms with Gasteiger partial charge in [-0.1, -0.05) is 12.1 Å². The van der Waals surface area contributed by atoms with Gasteiger partial charge in [0.15, 0.2) is 0 Å². The lowest BCUT2D eigenvalue weighted by atomic mass is 10.00. The molecule has 1 aromatic heterocycles. The molecular formula is C21H15F6NO3. The molecule has 3 rings (SSSR count). The Labute approximate surface area is 172 Å². The molecule has 0 fully saturated rings. The van der Waals surface area contributed by atoms with Crippen LogP contribution in [0.25, 0.3) is 11.1 Å². The fourth-order valence-corrected chi connectivity index (χ4v) is 3.10. The first-order valence-corrected chi connectivity index (χ1v) is 8.80. The summed E-state index contributed by atoms with van der Waals surface area (Å²) in [5.74, 6) is 0.0706. The highest BCUT2D eigenvalue weighted by atomic mass is 19.4. The van der Waals surface area contributed by atoms with Crippen LogP contribution in [0, 0.1) is 13.8 Å². The standard InChI is InChI=1S/C21H15F6NO3/c1-11-17(19(29)18(12(2)28-11)20(22,23)24)13-3-5-14(6-4-13)30-15-7-9-16(10-8-15)31-21(25,26)27/h3-10H,1-2H3,(H,28,29). The summed E-state index contributed by atoms with van der Waals surface area (Å²) in [6, 6.07) is 10.4. The summed E-state index contributed by atoms with van der Waals surface area (Å²) < 4.78 is 85.6. The summed E-state index contributed by atoms with van der Waals surface area (Å²) >= 11 is 0. The van der Waals surface area contributed by atoms with E-state index < -0.39 is 29.3 Å². The van der Waals surface area contributed by atoms with Gasteiger partial charge in [-0.05, 0) is 55.8 Å². The molecule has 4 nitrogen and oxygen atoms in total. The number of H-pyrrole nitrogens is 1. The van der Waals surface area contributed by atoms with Crippen molar-refractivity contribution in [1.29, 1.82) is 0 Å². The van der Waals surface area contributed by atoms with Gasteiger partial charge in [-0.25, -0.2) is 0 Å². The van der Waals surface area contributed by atoms with E-state index in [-0.39, 0.29) is 34.0 Å². The van der Waals surface area contributed by atoms with Gasteiger partial charge in [0.2, 0.25) is 5.43 Å². The summed E-state index contributed by atoms with van der Waals surface area (Å²) in [5, 5.41) is 0. The Morgan fingerprint density at radius 2 is 1.23 bits per heavy atom. The highest BCUT2D eigenvalue weighted by molar-refractivity contribution is 5.67. The van der Waals surface area contributed by atoms with Crippen molar-refractivity contribution in [2.24, 2.45) is 0 Å². The van der Waals surface area contributed by atoms with Gasteiger partial charge in [-0.2, -0.15) is 13.2 Å². The molecule has 31 heavy (non-hydrogen) atoms. The normalized spacial score (nSPS) is 12.0. The van der Waals surface area contributed by atoms with E-state index in [1.807, 2.05) is 0 Å². The zero-order valence-corrected chi connectivity index (χ0v) is 16.1. The maximum absolute atomic E-state index is 13.3. The van der Waals surface area contributed by atoms with Gasteiger partial charge in [-0.15, -0.1) is 13.2 Å². The Hall–Kier alpha value is -3.43. The van der Waals surface area contributed by atoms with Crippen LogP contribution in [0.2, 0.25) is 0 Å². The number of pyridine rings is 1. The summed E-state index contributed by atoms with van der Waals surface area (Å²) in [5.41, 5.74) is -2.23. The first kappa shape index (κ1) is 22.3. The topological polar surface area (TPSA) is 51.3 Å². The second kappa shape index (κ2) is 8.01. The Kier molecular flexibility index (Phi) is 5.75. The van der Waals surface area contributed by atoms with Gasteiger partial charge in [0.25, 0.3) is 0 Å². The molecule has 1 heterocycles. The van der Waals surface area contributed by atoms with Crippen LogP contribution >= 0.6 is 0 Å². The number of aryl methyl sites for hydroxylation is 2. The molecule has 2 aromatic carbocycles. The molecule has 0 radical (unpaired) electrons. The molecule has 10 heteroatoms.